The van der Waals surface area contributed by atoms with Gasteiger partial charge in [-0.25, -0.2) is 4.98 Å². The third-order valence-corrected chi connectivity index (χ3v) is 6.99. The van der Waals surface area contributed by atoms with Crippen LogP contribution in [0, 0.1) is 25.2 Å². The van der Waals surface area contributed by atoms with Gasteiger partial charge in [-0.1, -0.05) is 11.6 Å². The van der Waals surface area contributed by atoms with Crippen LogP contribution in [0.4, 0.5) is 5.69 Å². The number of nitrogens with one attached hydrogen (secondary N) is 1. The van der Waals surface area contributed by atoms with Gasteiger partial charge in [-0.3, -0.25) is 14.5 Å². The number of benzene rings is 1. The highest BCUT2D eigenvalue weighted by molar-refractivity contribution is 6.31. The molecule has 0 bridgehead atoms. The highest BCUT2D eigenvalue weighted by Gasteiger charge is 2.34. The molecule has 2 aromatic rings. The molecule has 2 saturated heterocycles. The lowest BCUT2D eigenvalue weighted by Crippen LogP contribution is -2.55. The summed E-state index contributed by atoms with van der Waals surface area (Å²) in [5.41, 5.74) is 3.92. The molecule has 0 radical (unpaired) electrons. The fraction of sp³-hybridized carbons (Fsp3) is 0.462. The van der Waals surface area contributed by atoms with Crippen molar-refractivity contribution in [1.29, 1.82) is 5.26 Å². The lowest BCUT2D eigenvalue weighted by Gasteiger charge is -2.41. The Kier molecular flexibility index (Phi) is 7.70. The number of carbonyl (C=O) groups excluding carboxylic acids is 2. The fourth-order valence-electron chi connectivity index (χ4n) is 4.74. The molecule has 0 aliphatic carbocycles. The van der Waals surface area contributed by atoms with Gasteiger partial charge in [0.05, 0.1) is 5.56 Å². The molecule has 3 heterocycles. The molecule has 184 valence electrons. The Hall–Kier alpha value is -2.99. The van der Waals surface area contributed by atoms with Crippen molar-refractivity contribution >= 4 is 29.1 Å². The van der Waals surface area contributed by atoms with E-state index in [-0.39, 0.29) is 24.0 Å². The zero-order valence-electron chi connectivity index (χ0n) is 20.3. The Morgan fingerprint density at radius 3 is 2.74 bits per heavy atom. The second kappa shape index (κ2) is 10.7. The summed E-state index contributed by atoms with van der Waals surface area (Å²) >= 11 is 6.42. The molecule has 1 aromatic carbocycles. The highest BCUT2D eigenvalue weighted by atomic mass is 35.5. The van der Waals surface area contributed by atoms with Crippen LogP contribution in [-0.4, -0.2) is 65.0 Å². The van der Waals surface area contributed by atoms with Gasteiger partial charge in [0.2, 0.25) is 0 Å². The topological polar surface area (TPSA) is 98.6 Å². The number of carbonyl (C=O) groups is 2. The Bertz CT molecular complexity index is 1170. The normalized spacial score (nSPS) is 20.5. The van der Waals surface area contributed by atoms with E-state index in [4.69, 9.17) is 21.6 Å². The van der Waals surface area contributed by atoms with E-state index in [1.165, 1.54) is 6.20 Å². The van der Waals surface area contributed by atoms with Crippen LogP contribution in [-0.2, 0) is 16.1 Å². The van der Waals surface area contributed by atoms with Crippen LogP contribution in [0.1, 0.15) is 52.5 Å². The number of nitrogens with zero attached hydrogens (tertiary/aromatic N) is 4. The van der Waals surface area contributed by atoms with Crippen molar-refractivity contribution in [2.24, 2.45) is 0 Å². The second-order valence-electron chi connectivity index (χ2n) is 9.31. The number of hydrogen-bond donors (Lipinski definition) is 1. The van der Waals surface area contributed by atoms with Crippen LogP contribution in [0.5, 0.6) is 0 Å². The van der Waals surface area contributed by atoms with Gasteiger partial charge in [-0.05, 0) is 68.5 Å². The van der Waals surface area contributed by atoms with Crippen LogP contribution in [0.25, 0.3) is 0 Å². The van der Waals surface area contributed by atoms with Gasteiger partial charge in [0.25, 0.3) is 11.8 Å². The van der Waals surface area contributed by atoms with Gasteiger partial charge in [-0.2, -0.15) is 5.26 Å². The number of pyridine rings is 1. The second-order valence-corrected chi connectivity index (χ2v) is 9.75. The number of ether oxygens (including phenoxy) is 1. The molecule has 0 spiro atoms. The van der Waals surface area contributed by atoms with E-state index in [1.54, 1.807) is 19.1 Å². The predicted molar refractivity (Wildman–Crippen MR) is 133 cm³/mol. The minimum atomic E-state index is -0.309. The summed E-state index contributed by atoms with van der Waals surface area (Å²) in [6.45, 7) is 9.29. The number of aryl methyl sites for hydroxylation is 1. The zero-order valence-corrected chi connectivity index (χ0v) is 21.1. The quantitative estimate of drug-likeness (QED) is 0.679. The first-order valence-corrected chi connectivity index (χ1v) is 12.3. The van der Waals surface area contributed by atoms with E-state index in [9.17, 15) is 9.59 Å². The van der Waals surface area contributed by atoms with Gasteiger partial charge in [0, 0.05) is 55.7 Å². The maximum absolute atomic E-state index is 12.8. The summed E-state index contributed by atoms with van der Waals surface area (Å²) in [6.07, 6.45) is 2.86. The monoisotopic (exact) mass is 495 g/mol. The maximum Gasteiger partial charge on any atom is 0.257 e. The molecule has 4 rings (SSSR count). The van der Waals surface area contributed by atoms with E-state index >= 15 is 0 Å². The molecule has 0 unspecified atom stereocenters. The molecule has 2 aliphatic rings. The van der Waals surface area contributed by atoms with Crippen LogP contribution >= 0.6 is 11.6 Å². The molecule has 0 saturated carbocycles. The van der Waals surface area contributed by atoms with Crippen LogP contribution in [0.2, 0.25) is 5.02 Å². The molecule has 8 nitrogen and oxygen atoms in total. The number of aromatic nitrogens is 1. The first kappa shape index (κ1) is 25.1. The van der Waals surface area contributed by atoms with Gasteiger partial charge >= 0.3 is 0 Å². The Morgan fingerprint density at radius 1 is 1.29 bits per heavy atom. The smallest absolute Gasteiger partial charge is 0.257 e. The third-order valence-electron chi connectivity index (χ3n) is 6.77. The SMILES string of the molecule is Cc1cc(C(=O)Nc2cc(Cl)cc(CN3CCN(C(=O)[C@@H]4CCCO4)[C@@H](C)C3)c2C)cnc1C#N. The van der Waals surface area contributed by atoms with Crippen LogP contribution in [0.3, 0.4) is 0 Å². The summed E-state index contributed by atoms with van der Waals surface area (Å²) < 4.78 is 5.59. The molecular formula is C26H30ClN5O3. The molecule has 2 fully saturated rings. The van der Waals surface area contributed by atoms with Crippen molar-refractivity contribution in [3.05, 3.63) is 57.4 Å². The van der Waals surface area contributed by atoms with Gasteiger partial charge in [0.1, 0.15) is 17.9 Å². The number of piperazine rings is 1. The van der Waals surface area contributed by atoms with Crippen LogP contribution < -0.4 is 5.32 Å². The molecule has 2 amide bonds. The predicted octanol–water partition coefficient (Wildman–Crippen LogP) is 3.69. The van der Waals surface area contributed by atoms with Crippen molar-refractivity contribution in [3.63, 3.8) is 0 Å². The van der Waals surface area contributed by atoms with E-state index in [2.05, 4.69) is 22.1 Å². The highest BCUT2D eigenvalue weighted by Crippen LogP contribution is 2.28. The number of rotatable bonds is 5. The van der Waals surface area contributed by atoms with Crippen molar-refractivity contribution in [3.8, 4) is 6.07 Å². The Balaban J connectivity index is 1.43. The van der Waals surface area contributed by atoms with Crippen LogP contribution in [0.15, 0.2) is 24.4 Å². The number of hydrogen-bond acceptors (Lipinski definition) is 6. The molecule has 2 atom stereocenters. The summed E-state index contributed by atoms with van der Waals surface area (Å²) in [7, 11) is 0. The largest absolute Gasteiger partial charge is 0.368 e. The Labute approximate surface area is 210 Å². The van der Waals surface area contributed by atoms with Gasteiger partial charge in [-0.15, -0.1) is 0 Å². The average molecular weight is 496 g/mol. The fourth-order valence-corrected chi connectivity index (χ4v) is 4.98. The number of anilines is 1. The molecule has 1 aromatic heterocycles. The minimum absolute atomic E-state index is 0.0891. The number of halogens is 1. The maximum atomic E-state index is 12.8. The molecular weight excluding hydrogens is 466 g/mol. The number of nitriles is 1. The van der Waals surface area contributed by atoms with Crippen molar-refractivity contribution < 1.29 is 14.3 Å². The molecule has 1 N–H and O–H groups in total. The lowest BCUT2D eigenvalue weighted by atomic mass is 10.0. The summed E-state index contributed by atoms with van der Waals surface area (Å²) in [6, 6.07) is 7.41. The lowest BCUT2D eigenvalue weighted by molar-refractivity contribution is -0.145. The average Bonchev–Trinajstić information content (AvgIpc) is 3.37. The summed E-state index contributed by atoms with van der Waals surface area (Å²) in [5.74, 6) is -0.206. The summed E-state index contributed by atoms with van der Waals surface area (Å²) in [5, 5.41) is 12.5. The minimum Gasteiger partial charge on any atom is -0.368 e. The molecule has 9 heteroatoms. The summed E-state index contributed by atoms with van der Waals surface area (Å²) in [4.78, 5) is 34.0. The van der Waals surface area contributed by atoms with E-state index < -0.39 is 0 Å². The van der Waals surface area contributed by atoms with E-state index in [1.807, 2.05) is 24.0 Å². The third kappa shape index (κ3) is 5.64. The number of amides is 2. The van der Waals surface area contributed by atoms with Gasteiger partial charge in [0.15, 0.2) is 0 Å². The first-order chi connectivity index (χ1) is 16.8. The van der Waals surface area contributed by atoms with E-state index in [0.29, 0.717) is 47.2 Å². The first-order valence-electron chi connectivity index (χ1n) is 11.9. The Morgan fingerprint density at radius 2 is 2.09 bits per heavy atom. The van der Waals surface area contributed by atoms with Crippen molar-refractivity contribution in [2.75, 3.05) is 31.6 Å². The molecule has 35 heavy (non-hydrogen) atoms. The molecule has 2 aliphatic heterocycles. The van der Waals surface area contributed by atoms with Crippen molar-refractivity contribution in [1.82, 2.24) is 14.8 Å². The standard InChI is InChI=1S/C26H30ClN5O3/c1-16-9-19(13-29-23(16)12-28)25(33)30-22-11-21(27)10-20(18(22)3)15-31-6-7-32(17(2)14-31)26(34)24-5-4-8-35-24/h9-11,13,17,24H,4-8,14-15H2,1-3H3,(H,30,33)/t17-,24-/m0/s1. The zero-order chi connectivity index (χ0) is 25.1. The van der Waals surface area contributed by atoms with Gasteiger partial charge < -0.3 is 15.0 Å². The van der Waals surface area contributed by atoms with Crippen molar-refractivity contribution in [2.45, 2.75) is 52.3 Å². The van der Waals surface area contributed by atoms with E-state index in [0.717, 1.165) is 37.1 Å².